The molecule has 1 aliphatic carbocycles. The van der Waals surface area contributed by atoms with Crippen LogP contribution in [0.15, 0.2) is 76.9 Å². The van der Waals surface area contributed by atoms with E-state index in [9.17, 15) is 0 Å². The van der Waals surface area contributed by atoms with Crippen LogP contribution in [0.2, 0.25) is 0 Å². The Hall–Kier alpha value is -3.47. The molecule has 4 aromatic rings. The van der Waals surface area contributed by atoms with Gasteiger partial charge in [-0.2, -0.15) is 0 Å². The summed E-state index contributed by atoms with van der Waals surface area (Å²) in [5.41, 5.74) is 7.85. The zero-order valence-corrected chi connectivity index (χ0v) is 18.6. The maximum Gasteiger partial charge on any atom is 0.181 e. The van der Waals surface area contributed by atoms with Crippen molar-refractivity contribution in [1.82, 2.24) is 14.5 Å². The van der Waals surface area contributed by atoms with Crippen LogP contribution < -0.4 is 0 Å². The lowest BCUT2D eigenvalue weighted by atomic mass is 9.60. The molecule has 1 saturated carbocycles. The van der Waals surface area contributed by atoms with Crippen molar-refractivity contribution in [3.8, 4) is 17.1 Å². The first kappa shape index (κ1) is 19.2. The van der Waals surface area contributed by atoms with Gasteiger partial charge in [0.1, 0.15) is 12.0 Å². The van der Waals surface area contributed by atoms with Crippen molar-refractivity contribution >= 4 is 5.71 Å². The van der Waals surface area contributed by atoms with Gasteiger partial charge in [0.2, 0.25) is 0 Å². The molecule has 0 radical (unpaired) electrons. The van der Waals surface area contributed by atoms with Gasteiger partial charge in [-0.1, -0.05) is 50.2 Å². The lowest BCUT2D eigenvalue weighted by Crippen LogP contribution is -2.37. The predicted octanol–water partition coefficient (Wildman–Crippen LogP) is 6.13. The molecule has 1 atom stereocenters. The van der Waals surface area contributed by atoms with Crippen LogP contribution in [0.5, 0.6) is 0 Å². The average Bonchev–Trinajstić information content (AvgIpc) is 3.44. The lowest BCUT2D eigenvalue weighted by Gasteiger charge is -2.44. The first-order chi connectivity index (χ1) is 15.5. The molecule has 1 fully saturated rings. The molecular formula is C27H26N4O. The SMILES string of the molecule is CC1CC(C)(c2ccc3c(c2)C(c2ccccc2)=N[C@@H](C)c2c(-c4cnco4)ncn2-3)C1. The summed E-state index contributed by atoms with van der Waals surface area (Å²) in [6.45, 7) is 6.85. The highest BCUT2D eigenvalue weighted by atomic mass is 16.3. The van der Waals surface area contributed by atoms with E-state index in [4.69, 9.17) is 14.4 Å². The maximum atomic E-state index is 5.59. The third kappa shape index (κ3) is 2.88. The molecule has 2 aromatic carbocycles. The summed E-state index contributed by atoms with van der Waals surface area (Å²) in [4.78, 5) is 14.0. The van der Waals surface area contributed by atoms with E-state index in [1.807, 2.05) is 12.4 Å². The van der Waals surface area contributed by atoms with Gasteiger partial charge in [-0.25, -0.2) is 9.97 Å². The number of hydrogen-bond donors (Lipinski definition) is 0. The molecule has 32 heavy (non-hydrogen) atoms. The summed E-state index contributed by atoms with van der Waals surface area (Å²) in [5.74, 6) is 1.45. The number of fused-ring (bicyclic) bond motifs is 3. The monoisotopic (exact) mass is 422 g/mol. The molecule has 0 N–H and O–H groups in total. The zero-order valence-electron chi connectivity index (χ0n) is 18.6. The van der Waals surface area contributed by atoms with Gasteiger partial charge in [-0.15, -0.1) is 0 Å². The lowest BCUT2D eigenvalue weighted by molar-refractivity contribution is 0.178. The topological polar surface area (TPSA) is 56.2 Å². The minimum atomic E-state index is -0.0945. The molecule has 0 bridgehead atoms. The van der Waals surface area contributed by atoms with Gasteiger partial charge < -0.3 is 4.42 Å². The van der Waals surface area contributed by atoms with Crippen LogP contribution in [-0.4, -0.2) is 20.2 Å². The molecule has 2 aromatic heterocycles. The van der Waals surface area contributed by atoms with Crippen LogP contribution in [0, 0.1) is 5.92 Å². The average molecular weight is 423 g/mol. The minimum absolute atomic E-state index is 0.0945. The Morgan fingerprint density at radius 3 is 2.59 bits per heavy atom. The van der Waals surface area contributed by atoms with E-state index in [-0.39, 0.29) is 11.5 Å². The number of oxazole rings is 1. The summed E-state index contributed by atoms with van der Waals surface area (Å²) < 4.78 is 7.77. The Morgan fingerprint density at radius 1 is 1.06 bits per heavy atom. The Kier molecular flexibility index (Phi) is 4.22. The number of aromatic nitrogens is 3. The van der Waals surface area contributed by atoms with Crippen molar-refractivity contribution in [3.63, 3.8) is 0 Å². The third-order valence-electron chi connectivity index (χ3n) is 7.04. The first-order valence-corrected chi connectivity index (χ1v) is 11.3. The largest absolute Gasteiger partial charge is 0.442 e. The van der Waals surface area contributed by atoms with Crippen LogP contribution in [0.1, 0.15) is 62.0 Å². The van der Waals surface area contributed by atoms with E-state index in [1.54, 1.807) is 6.20 Å². The number of aliphatic imine (C=N–C) groups is 1. The molecular weight excluding hydrogens is 396 g/mol. The summed E-state index contributed by atoms with van der Waals surface area (Å²) >= 11 is 0. The van der Waals surface area contributed by atoms with Crippen LogP contribution in [0.25, 0.3) is 17.1 Å². The second-order valence-electron chi connectivity index (χ2n) is 9.54. The summed E-state index contributed by atoms with van der Waals surface area (Å²) in [6.07, 6.45) is 7.50. The van der Waals surface area contributed by atoms with Crippen LogP contribution in [0.4, 0.5) is 0 Å². The number of rotatable bonds is 3. The van der Waals surface area contributed by atoms with Crippen LogP contribution in [0.3, 0.4) is 0 Å². The summed E-state index contributed by atoms with van der Waals surface area (Å²) in [7, 11) is 0. The van der Waals surface area contributed by atoms with Crippen molar-refractivity contribution in [2.75, 3.05) is 0 Å². The first-order valence-electron chi connectivity index (χ1n) is 11.3. The van der Waals surface area contributed by atoms with E-state index >= 15 is 0 Å². The highest BCUT2D eigenvalue weighted by Gasteiger charge is 2.39. The van der Waals surface area contributed by atoms with Gasteiger partial charge in [0.05, 0.1) is 29.3 Å². The van der Waals surface area contributed by atoms with E-state index < -0.39 is 0 Å². The van der Waals surface area contributed by atoms with Crippen LogP contribution in [-0.2, 0) is 5.41 Å². The highest BCUT2D eigenvalue weighted by Crippen LogP contribution is 2.48. The van der Waals surface area contributed by atoms with Crippen molar-refractivity contribution in [3.05, 3.63) is 89.8 Å². The minimum Gasteiger partial charge on any atom is -0.442 e. The van der Waals surface area contributed by atoms with E-state index in [2.05, 4.69) is 72.8 Å². The quantitative estimate of drug-likeness (QED) is 0.399. The number of benzene rings is 2. The van der Waals surface area contributed by atoms with Gasteiger partial charge in [-0.3, -0.25) is 9.56 Å². The fraction of sp³-hybridized carbons (Fsp3) is 0.296. The number of hydrogen-bond acceptors (Lipinski definition) is 4. The smallest absolute Gasteiger partial charge is 0.181 e. The normalized spacial score (nSPS) is 24.2. The molecule has 2 aliphatic rings. The number of imidazole rings is 1. The van der Waals surface area contributed by atoms with Crippen molar-refractivity contribution in [2.24, 2.45) is 10.9 Å². The fourth-order valence-electron chi connectivity index (χ4n) is 5.65. The second-order valence-corrected chi connectivity index (χ2v) is 9.54. The molecule has 160 valence electrons. The Morgan fingerprint density at radius 2 is 1.88 bits per heavy atom. The van der Waals surface area contributed by atoms with Crippen molar-refractivity contribution in [1.29, 1.82) is 0 Å². The molecule has 5 nitrogen and oxygen atoms in total. The van der Waals surface area contributed by atoms with E-state index in [0.29, 0.717) is 5.76 Å². The molecule has 0 saturated heterocycles. The predicted molar refractivity (Wildman–Crippen MR) is 125 cm³/mol. The third-order valence-corrected chi connectivity index (χ3v) is 7.04. The molecule has 3 heterocycles. The van der Waals surface area contributed by atoms with Gasteiger partial charge in [-0.05, 0) is 48.8 Å². The van der Waals surface area contributed by atoms with Crippen LogP contribution >= 0.6 is 0 Å². The van der Waals surface area contributed by atoms with Gasteiger partial charge in [0.15, 0.2) is 12.2 Å². The molecule has 5 heteroatoms. The number of nitrogens with zero attached hydrogens (tertiary/aromatic N) is 4. The zero-order chi connectivity index (χ0) is 21.9. The molecule has 1 aliphatic heterocycles. The van der Waals surface area contributed by atoms with Crippen molar-refractivity contribution in [2.45, 2.75) is 45.1 Å². The molecule has 0 spiro atoms. The summed E-state index contributed by atoms with van der Waals surface area (Å²) in [5, 5.41) is 0. The van der Waals surface area contributed by atoms with Gasteiger partial charge >= 0.3 is 0 Å². The Bertz CT molecular complexity index is 1310. The fourth-order valence-corrected chi connectivity index (χ4v) is 5.65. The molecule has 0 amide bonds. The van der Waals surface area contributed by atoms with E-state index in [0.717, 1.165) is 39.8 Å². The van der Waals surface area contributed by atoms with Crippen molar-refractivity contribution < 1.29 is 4.42 Å². The standard InChI is InChI=1S/C27H26N4O/c1-17-12-27(3,13-17)20-9-10-22-21(11-20)24(19-7-5-4-6-8-19)30-18(2)26-25(29-15-31(22)26)23-14-28-16-32-23/h4-11,14-18H,12-13H2,1-3H3/t17?,18-,27?/m0/s1. The van der Waals surface area contributed by atoms with E-state index in [1.165, 1.54) is 24.8 Å². The second kappa shape index (κ2) is 7.02. The van der Waals surface area contributed by atoms with Gasteiger partial charge in [0.25, 0.3) is 0 Å². The van der Waals surface area contributed by atoms with Gasteiger partial charge in [0, 0.05) is 11.1 Å². The maximum absolute atomic E-state index is 5.59. The molecule has 6 rings (SSSR count). The highest BCUT2D eigenvalue weighted by molar-refractivity contribution is 6.15. The Labute approximate surface area is 187 Å². The Balaban J connectivity index is 1.59. The molecule has 0 unspecified atom stereocenters. The summed E-state index contributed by atoms with van der Waals surface area (Å²) in [6, 6.07) is 17.3.